The molecule has 5 rings (SSSR count). The summed E-state index contributed by atoms with van der Waals surface area (Å²) in [7, 11) is 0. The Bertz CT molecular complexity index is 1080. The van der Waals surface area contributed by atoms with Crippen LogP contribution in [-0.2, 0) is 4.74 Å². The highest BCUT2D eigenvalue weighted by molar-refractivity contribution is 5.93. The van der Waals surface area contributed by atoms with E-state index < -0.39 is 11.6 Å². The van der Waals surface area contributed by atoms with Crippen molar-refractivity contribution in [1.29, 1.82) is 0 Å². The first-order valence-electron chi connectivity index (χ1n) is 10.1. The third-order valence-corrected chi connectivity index (χ3v) is 5.84. The Kier molecular flexibility index (Phi) is 4.62. The standard InChI is InChI=1S/C22H22F2N4O/c1-13-19(28-7-2-8-28)12-17-20(16-4-3-15(23)11-18(16)24)26-21(27-22(17)25-13)14-5-9-29-10-6-14/h3-4,11-12,14H,2,5-10H2,1H3. The Balaban J connectivity index is 1.73. The van der Waals surface area contributed by atoms with Crippen molar-refractivity contribution in [3.05, 3.63) is 47.4 Å². The molecule has 0 unspecified atom stereocenters. The Morgan fingerprint density at radius 3 is 2.52 bits per heavy atom. The zero-order valence-corrected chi connectivity index (χ0v) is 16.3. The highest BCUT2D eigenvalue weighted by Gasteiger charge is 2.24. The number of halogens is 2. The number of nitrogens with zero attached hydrogens (tertiary/aromatic N) is 4. The average molecular weight is 396 g/mol. The fourth-order valence-corrected chi connectivity index (χ4v) is 4.05. The van der Waals surface area contributed by atoms with Gasteiger partial charge in [0.1, 0.15) is 17.5 Å². The van der Waals surface area contributed by atoms with Gasteiger partial charge in [0.2, 0.25) is 0 Å². The van der Waals surface area contributed by atoms with E-state index in [2.05, 4.69) is 4.90 Å². The van der Waals surface area contributed by atoms with E-state index in [0.717, 1.165) is 49.8 Å². The van der Waals surface area contributed by atoms with Gasteiger partial charge in [0.25, 0.3) is 0 Å². The molecule has 0 aliphatic carbocycles. The van der Waals surface area contributed by atoms with Crippen LogP contribution in [-0.4, -0.2) is 41.3 Å². The Morgan fingerprint density at radius 1 is 1.03 bits per heavy atom. The lowest BCUT2D eigenvalue weighted by atomic mass is 9.98. The van der Waals surface area contributed by atoms with Gasteiger partial charge in [0, 0.05) is 49.2 Å². The Labute approximate surface area is 167 Å². The van der Waals surface area contributed by atoms with Gasteiger partial charge >= 0.3 is 0 Å². The van der Waals surface area contributed by atoms with Gasteiger partial charge < -0.3 is 9.64 Å². The number of anilines is 1. The third-order valence-electron chi connectivity index (χ3n) is 5.84. The first kappa shape index (κ1) is 18.4. The lowest BCUT2D eigenvalue weighted by molar-refractivity contribution is 0.0836. The van der Waals surface area contributed by atoms with Crippen molar-refractivity contribution in [1.82, 2.24) is 15.0 Å². The highest BCUT2D eigenvalue weighted by Crippen LogP contribution is 2.35. The molecule has 29 heavy (non-hydrogen) atoms. The Morgan fingerprint density at radius 2 is 1.83 bits per heavy atom. The first-order chi connectivity index (χ1) is 14.1. The molecule has 0 N–H and O–H groups in total. The predicted octanol–water partition coefficient (Wildman–Crippen LogP) is 4.38. The molecule has 0 radical (unpaired) electrons. The number of ether oxygens (including phenoxy) is 1. The van der Waals surface area contributed by atoms with Crippen molar-refractivity contribution in [2.75, 3.05) is 31.2 Å². The van der Waals surface area contributed by atoms with Crippen molar-refractivity contribution in [2.45, 2.75) is 32.1 Å². The van der Waals surface area contributed by atoms with Gasteiger partial charge in [-0.25, -0.2) is 23.7 Å². The second-order valence-corrected chi connectivity index (χ2v) is 7.75. The van der Waals surface area contributed by atoms with Gasteiger partial charge in [-0.15, -0.1) is 0 Å². The van der Waals surface area contributed by atoms with E-state index in [1.165, 1.54) is 12.1 Å². The molecule has 5 nitrogen and oxygen atoms in total. The smallest absolute Gasteiger partial charge is 0.163 e. The lowest BCUT2D eigenvalue weighted by Crippen LogP contribution is -2.37. The number of rotatable bonds is 3. The molecule has 0 atom stereocenters. The van der Waals surface area contributed by atoms with E-state index in [-0.39, 0.29) is 11.5 Å². The van der Waals surface area contributed by atoms with Crippen LogP contribution in [0.1, 0.15) is 36.7 Å². The van der Waals surface area contributed by atoms with Gasteiger partial charge in [-0.05, 0) is 44.4 Å². The molecule has 4 heterocycles. The molecule has 7 heteroatoms. The van der Waals surface area contributed by atoms with E-state index in [9.17, 15) is 8.78 Å². The molecule has 2 saturated heterocycles. The number of aromatic nitrogens is 3. The number of aryl methyl sites for hydroxylation is 1. The molecule has 3 aromatic rings. The van der Waals surface area contributed by atoms with Crippen molar-refractivity contribution >= 4 is 16.7 Å². The number of hydrogen-bond acceptors (Lipinski definition) is 5. The largest absolute Gasteiger partial charge is 0.381 e. The van der Waals surface area contributed by atoms with Crippen LogP contribution >= 0.6 is 0 Å². The fraction of sp³-hybridized carbons (Fsp3) is 0.409. The van der Waals surface area contributed by atoms with Crippen LogP contribution in [0.5, 0.6) is 0 Å². The Hall–Kier alpha value is -2.67. The molecule has 2 aliphatic heterocycles. The van der Waals surface area contributed by atoms with Gasteiger partial charge in [-0.3, -0.25) is 0 Å². The summed E-state index contributed by atoms with van der Waals surface area (Å²) in [6.45, 7) is 5.26. The molecule has 0 spiro atoms. The second-order valence-electron chi connectivity index (χ2n) is 7.75. The van der Waals surface area contributed by atoms with Crippen LogP contribution in [0.15, 0.2) is 24.3 Å². The zero-order valence-electron chi connectivity index (χ0n) is 16.3. The van der Waals surface area contributed by atoms with Gasteiger partial charge in [0.05, 0.1) is 17.1 Å². The van der Waals surface area contributed by atoms with Crippen LogP contribution in [0.25, 0.3) is 22.3 Å². The molecular weight excluding hydrogens is 374 g/mol. The SMILES string of the molecule is Cc1nc2nc(C3CCOCC3)nc(-c3ccc(F)cc3F)c2cc1N1CCC1. The van der Waals surface area contributed by atoms with Crippen molar-refractivity contribution < 1.29 is 13.5 Å². The maximum absolute atomic E-state index is 14.7. The zero-order chi connectivity index (χ0) is 20.0. The van der Waals surface area contributed by atoms with Crippen molar-refractivity contribution in [3.8, 4) is 11.3 Å². The number of pyridine rings is 1. The number of benzene rings is 1. The topological polar surface area (TPSA) is 51.1 Å². The highest BCUT2D eigenvalue weighted by atomic mass is 19.1. The molecule has 150 valence electrons. The monoisotopic (exact) mass is 396 g/mol. The van der Waals surface area contributed by atoms with E-state index in [4.69, 9.17) is 19.7 Å². The average Bonchev–Trinajstić information content (AvgIpc) is 2.67. The molecule has 0 saturated carbocycles. The van der Waals surface area contributed by atoms with Crippen LogP contribution in [0.4, 0.5) is 14.5 Å². The van der Waals surface area contributed by atoms with E-state index >= 15 is 0 Å². The summed E-state index contributed by atoms with van der Waals surface area (Å²) in [5.41, 5.74) is 3.23. The molecule has 0 amide bonds. The van der Waals surface area contributed by atoms with Gasteiger partial charge in [-0.2, -0.15) is 0 Å². The summed E-state index contributed by atoms with van der Waals surface area (Å²) in [6.07, 6.45) is 2.79. The number of fused-ring (bicyclic) bond motifs is 1. The minimum absolute atomic E-state index is 0.146. The summed E-state index contributed by atoms with van der Waals surface area (Å²) < 4.78 is 33.7. The summed E-state index contributed by atoms with van der Waals surface area (Å²) in [5, 5.41) is 0.693. The van der Waals surface area contributed by atoms with Crippen LogP contribution in [0, 0.1) is 18.6 Å². The normalized spacial score (nSPS) is 17.6. The second kappa shape index (κ2) is 7.30. The predicted molar refractivity (Wildman–Crippen MR) is 107 cm³/mol. The quantitative estimate of drug-likeness (QED) is 0.658. The summed E-state index contributed by atoms with van der Waals surface area (Å²) in [6, 6.07) is 5.61. The van der Waals surface area contributed by atoms with Gasteiger partial charge in [-0.1, -0.05) is 0 Å². The van der Waals surface area contributed by atoms with Gasteiger partial charge in [0.15, 0.2) is 5.65 Å². The van der Waals surface area contributed by atoms with Crippen LogP contribution < -0.4 is 4.90 Å². The molecule has 0 bridgehead atoms. The summed E-state index contributed by atoms with van der Waals surface area (Å²) in [5.74, 6) is -0.436. The molecule has 2 aliphatic rings. The van der Waals surface area contributed by atoms with E-state index in [1.54, 1.807) is 0 Å². The molecule has 2 aromatic heterocycles. The molecule has 2 fully saturated rings. The summed E-state index contributed by atoms with van der Waals surface area (Å²) in [4.78, 5) is 16.5. The molecular formula is C22H22F2N4O. The third kappa shape index (κ3) is 3.33. The van der Waals surface area contributed by atoms with Crippen molar-refractivity contribution in [2.24, 2.45) is 0 Å². The lowest BCUT2D eigenvalue weighted by Gasteiger charge is -2.34. The first-order valence-corrected chi connectivity index (χ1v) is 10.1. The van der Waals surface area contributed by atoms with E-state index in [1.807, 2.05) is 13.0 Å². The van der Waals surface area contributed by atoms with E-state index in [0.29, 0.717) is 35.8 Å². The minimum Gasteiger partial charge on any atom is -0.381 e. The summed E-state index contributed by atoms with van der Waals surface area (Å²) >= 11 is 0. The maximum atomic E-state index is 14.7. The van der Waals surface area contributed by atoms with Crippen molar-refractivity contribution in [3.63, 3.8) is 0 Å². The number of hydrogen-bond donors (Lipinski definition) is 0. The fourth-order valence-electron chi connectivity index (χ4n) is 4.05. The molecule has 1 aromatic carbocycles. The maximum Gasteiger partial charge on any atom is 0.163 e. The van der Waals surface area contributed by atoms with Crippen LogP contribution in [0.3, 0.4) is 0 Å². The minimum atomic E-state index is -0.631. The van der Waals surface area contributed by atoms with Crippen LogP contribution in [0.2, 0.25) is 0 Å².